The maximum absolute atomic E-state index is 11.6. The minimum Gasteiger partial charge on any atom is -0.354 e. The Morgan fingerprint density at radius 2 is 2.06 bits per heavy atom. The van der Waals surface area contributed by atoms with Gasteiger partial charge in [-0.1, -0.05) is 13.0 Å². The predicted octanol–water partition coefficient (Wildman–Crippen LogP) is 3.70. The number of benzene rings is 1. The molecule has 0 bridgehead atoms. The quantitative estimate of drug-likeness (QED) is 0.795. The molecule has 1 atom stereocenters. The molecular weight excluding hydrogens is 242 g/mol. The molecule has 100 valence electrons. The molecule has 0 aliphatic carbocycles. The van der Waals surface area contributed by atoms with Crippen molar-refractivity contribution >= 4 is 17.7 Å². The summed E-state index contributed by atoms with van der Waals surface area (Å²) >= 11 is 1.75. The molecule has 3 heteroatoms. The predicted molar refractivity (Wildman–Crippen MR) is 79.2 cm³/mol. The van der Waals surface area contributed by atoms with Crippen LogP contribution in [0.15, 0.2) is 23.1 Å². The lowest BCUT2D eigenvalue weighted by molar-refractivity contribution is -0.121. The molecule has 0 saturated heterocycles. The number of carbonyl (C=O) groups excluding carboxylic acids is 1. The third-order valence-electron chi connectivity index (χ3n) is 3.10. The van der Waals surface area contributed by atoms with Crippen LogP contribution in [0.3, 0.4) is 0 Å². The molecule has 1 amide bonds. The first-order chi connectivity index (χ1) is 8.52. The summed E-state index contributed by atoms with van der Waals surface area (Å²) in [6, 6.07) is 6.73. The molecule has 0 aromatic heterocycles. The first-order valence-corrected chi connectivity index (χ1v) is 7.51. The molecule has 0 spiro atoms. The molecule has 1 aromatic carbocycles. The Morgan fingerprint density at radius 1 is 1.33 bits per heavy atom. The molecule has 0 saturated carbocycles. The molecule has 0 aliphatic rings. The average Bonchev–Trinajstić information content (AvgIpc) is 2.33. The van der Waals surface area contributed by atoms with Crippen molar-refractivity contribution in [2.24, 2.45) is 0 Å². The lowest BCUT2D eigenvalue weighted by Crippen LogP contribution is -2.32. The van der Waals surface area contributed by atoms with Crippen molar-refractivity contribution < 1.29 is 4.79 Å². The molecule has 0 heterocycles. The molecule has 1 aromatic rings. The first-order valence-electron chi connectivity index (χ1n) is 6.52. The van der Waals surface area contributed by atoms with E-state index in [0.29, 0.717) is 6.42 Å². The largest absolute Gasteiger partial charge is 0.354 e. The van der Waals surface area contributed by atoms with E-state index in [0.717, 1.165) is 12.2 Å². The fourth-order valence-electron chi connectivity index (χ4n) is 1.51. The van der Waals surface area contributed by atoms with Gasteiger partial charge in [0.2, 0.25) is 5.91 Å². The van der Waals surface area contributed by atoms with Crippen molar-refractivity contribution in [2.45, 2.75) is 51.5 Å². The fourth-order valence-corrected chi connectivity index (χ4v) is 2.46. The average molecular weight is 265 g/mol. The highest BCUT2D eigenvalue weighted by molar-refractivity contribution is 7.99. The molecule has 1 rings (SSSR count). The van der Waals surface area contributed by atoms with Crippen LogP contribution < -0.4 is 5.32 Å². The van der Waals surface area contributed by atoms with Gasteiger partial charge in [-0.05, 0) is 50.5 Å². The van der Waals surface area contributed by atoms with Crippen molar-refractivity contribution in [2.75, 3.05) is 5.75 Å². The van der Waals surface area contributed by atoms with Gasteiger partial charge >= 0.3 is 0 Å². The summed E-state index contributed by atoms with van der Waals surface area (Å²) in [6.45, 7) is 8.35. The molecular formula is C15H23NOS. The lowest BCUT2D eigenvalue weighted by atomic mass is 10.1. The second-order valence-electron chi connectivity index (χ2n) is 4.72. The Labute approximate surface area is 115 Å². The highest BCUT2D eigenvalue weighted by atomic mass is 32.2. The van der Waals surface area contributed by atoms with Crippen LogP contribution in [-0.4, -0.2) is 17.7 Å². The van der Waals surface area contributed by atoms with Crippen molar-refractivity contribution in [3.05, 3.63) is 29.3 Å². The van der Waals surface area contributed by atoms with Gasteiger partial charge in [-0.3, -0.25) is 4.79 Å². The van der Waals surface area contributed by atoms with E-state index < -0.39 is 0 Å². The molecule has 18 heavy (non-hydrogen) atoms. The number of amides is 1. The van der Waals surface area contributed by atoms with Gasteiger partial charge in [0.15, 0.2) is 0 Å². The van der Waals surface area contributed by atoms with Crippen molar-refractivity contribution in [3.8, 4) is 0 Å². The Hall–Kier alpha value is -0.960. The van der Waals surface area contributed by atoms with Crippen LogP contribution >= 0.6 is 11.8 Å². The molecule has 0 radical (unpaired) electrons. The van der Waals surface area contributed by atoms with Crippen LogP contribution in [0.4, 0.5) is 0 Å². The topological polar surface area (TPSA) is 29.1 Å². The summed E-state index contributed by atoms with van der Waals surface area (Å²) < 4.78 is 0. The minimum absolute atomic E-state index is 0.153. The number of hydrogen-bond acceptors (Lipinski definition) is 2. The zero-order valence-electron chi connectivity index (χ0n) is 11.7. The van der Waals surface area contributed by atoms with E-state index in [4.69, 9.17) is 0 Å². The highest BCUT2D eigenvalue weighted by Gasteiger charge is 2.05. The summed E-state index contributed by atoms with van der Waals surface area (Å²) in [6.07, 6.45) is 1.57. The molecule has 1 N–H and O–H groups in total. The van der Waals surface area contributed by atoms with Gasteiger partial charge in [-0.15, -0.1) is 11.8 Å². The number of nitrogens with one attached hydrogen (secondary N) is 1. The monoisotopic (exact) mass is 265 g/mol. The zero-order chi connectivity index (χ0) is 13.5. The van der Waals surface area contributed by atoms with Gasteiger partial charge in [-0.25, -0.2) is 0 Å². The van der Waals surface area contributed by atoms with Crippen LogP contribution in [0.1, 0.15) is 37.8 Å². The summed E-state index contributed by atoms with van der Waals surface area (Å²) in [7, 11) is 0. The second-order valence-corrected chi connectivity index (χ2v) is 5.89. The van der Waals surface area contributed by atoms with Gasteiger partial charge in [0.25, 0.3) is 0 Å². The molecule has 0 unspecified atom stereocenters. The van der Waals surface area contributed by atoms with Gasteiger partial charge in [0.1, 0.15) is 0 Å². The van der Waals surface area contributed by atoms with E-state index in [2.05, 4.69) is 44.3 Å². The first kappa shape index (κ1) is 15.1. The maximum Gasteiger partial charge on any atom is 0.221 e. The summed E-state index contributed by atoms with van der Waals surface area (Å²) in [4.78, 5) is 12.8. The van der Waals surface area contributed by atoms with E-state index >= 15 is 0 Å². The summed E-state index contributed by atoms with van der Waals surface area (Å²) in [5.41, 5.74) is 2.62. The zero-order valence-corrected chi connectivity index (χ0v) is 12.6. The van der Waals surface area contributed by atoms with Crippen molar-refractivity contribution in [1.29, 1.82) is 0 Å². The van der Waals surface area contributed by atoms with Crippen LogP contribution in [0.5, 0.6) is 0 Å². The van der Waals surface area contributed by atoms with Gasteiger partial charge in [-0.2, -0.15) is 0 Å². The minimum atomic E-state index is 0.153. The number of rotatable bonds is 6. The number of aryl methyl sites for hydroxylation is 2. The van der Waals surface area contributed by atoms with Crippen molar-refractivity contribution in [1.82, 2.24) is 5.32 Å². The second kappa shape index (κ2) is 7.47. The maximum atomic E-state index is 11.6. The Morgan fingerprint density at radius 3 is 2.67 bits per heavy atom. The van der Waals surface area contributed by atoms with Gasteiger partial charge in [0.05, 0.1) is 0 Å². The van der Waals surface area contributed by atoms with E-state index in [-0.39, 0.29) is 11.9 Å². The van der Waals surface area contributed by atoms with Crippen LogP contribution in [0.25, 0.3) is 0 Å². The Bertz CT molecular complexity index is 403. The third-order valence-corrected chi connectivity index (χ3v) is 4.09. The van der Waals surface area contributed by atoms with Crippen LogP contribution in [0, 0.1) is 13.8 Å². The van der Waals surface area contributed by atoms with Gasteiger partial charge in [0, 0.05) is 23.1 Å². The fraction of sp³-hybridized carbons (Fsp3) is 0.533. The van der Waals surface area contributed by atoms with E-state index in [1.807, 2.05) is 6.92 Å². The lowest BCUT2D eigenvalue weighted by Gasteiger charge is -2.11. The highest BCUT2D eigenvalue weighted by Crippen LogP contribution is 2.21. The van der Waals surface area contributed by atoms with E-state index in [1.54, 1.807) is 11.8 Å². The Balaban J connectivity index is 2.33. The SMILES string of the molecule is CC[C@@H](C)NC(=O)CCSc1ccc(C)c(C)c1. The van der Waals surface area contributed by atoms with Crippen molar-refractivity contribution in [3.63, 3.8) is 0 Å². The normalized spacial score (nSPS) is 12.2. The Kier molecular flexibility index (Phi) is 6.27. The van der Waals surface area contributed by atoms with Crippen LogP contribution in [-0.2, 0) is 4.79 Å². The number of hydrogen-bond donors (Lipinski definition) is 1. The number of carbonyl (C=O) groups is 1. The molecule has 0 aliphatic heterocycles. The smallest absolute Gasteiger partial charge is 0.221 e. The van der Waals surface area contributed by atoms with E-state index in [1.165, 1.54) is 16.0 Å². The van der Waals surface area contributed by atoms with E-state index in [9.17, 15) is 4.79 Å². The number of thioether (sulfide) groups is 1. The summed E-state index contributed by atoms with van der Waals surface area (Å²) in [5.74, 6) is 0.991. The molecule has 0 fully saturated rings. The summed E-state index contributed by atoms with van der Waals surface area (Å²) in [5, 5.41) is 2.98. The molecule has 2 nitrogen and oxygen atoms in total. The van der Waals surface area contributed by atoms with Crippen LogP contribution in [0.2, 0.25) is 0 Å². The van der Waals surface area contributed by atoms with Gasteiger partial charge < -0.3 is 5.32 Å². The third kappa shape index (κ3) is 5.13. The standard InChI is InChI=1S/C15H23NOS/c1-5-13(4)16-15(17)8-9-18-14-7-6-11(2)12(3)10-14/h6-7,10,13H,5,8-9H2,1-4H3,(H,16,17)/t13-/m1/s1.